The zero-order chi connectivity index (χ0) is 20.1. The smallest absolute Gasteiger partial charge is 0.318 e. The van der Waals surface area contributed by atoms with Crippen LogP contribution in [-0.4, -0.2) is 43.1 Å². The minimum Gasteiger partial charge on any atom is -0.468 e. The molecule has 0 saturated heterocycles. The Morgan fingerprint density at radius 3 is 2.46 bits per heavy atom. The highest BCUT2D eigenvalue weighted by molar-refractivity contribution is 8.00. The number of aryl methyl sites for hydroxylation is 2. The van der Waals surface area contributed by atoms with Gasteiger partial charge in [-0.3, -0.25) is 9.36 Å². The van der Waals surface area contributed by atoms with E-state index in [9.17, 15) is 4.79 Å². The molecule has 1 unspecified atom stereocenters. The monoisotopic (exact) mass is 415 g/mol. The van der Waals surface area contributed by atoms with E-state index in [1.54, 1.807) is 6.92 Å². The van der Waals surface area contributed by atoms with E-state index in [2.05, 4.69) is 20.2 Å². The first kappa shape index (κ1) is 20.3. The second-order valence-corrected chi connectivity index (χ2v) is 8.33. The number of rotatable bonds is 7. The second kappa shape index (κ2) is 9.20. The summed E-state index contributed by atoms with van der Waals surface area (Å²) in [7, 11) is 1.38. The van der Waals surface area contributed by atoms with Gasteiger partial charge in [-0.25, -0.2) is 9.97 Å². The van der Waals surface area contributed by atoms with E-state index in [0.717, 1.165) is 22.9 Å². The van der Waals surface area contributed by atoms with Gasteiger partial charge in [0.05, 0.1) is 12.9 Å². The molecule has 28 heavy (non-hydrogen) atoms. The molecule has 9 heteroatoms. The van der Waals surface area contributed by atoms with Crippen molar-refractivity contribution in [3.8, 4) is 5.69 Å². The molecule has 0 radical (unpaired) electrons. The van der Waals surface area contributed by atoms with Crippen molar-refractivity contribution < 1.29 is 9.53 Å². The molecule has 0 aliphatic carbocycles. The van der Waals surface area contributed by atoms with Gasteiger partial charge >= 0.3 is 5.97 Å². The number of aromatic nitrogens is 5. The maximum Gasteiger partial charge on any atom is 0.318 e. The molecule has 2 aromatic heterocycles. The number of carbonyl (C=O) groups excluding carboxylic acids is 1. The van der Waals surface area contributed by atoms with Crippen molar-refractivity contribution in [2.24, 2.45) is 0 Å². The average molecular weight is 416 g/mol. The SMILES string of the molecule is COC(=O)C(C)Sc1nnc(CSc2nc(C)cc(C)n2)n1-c1ccccc1. The summed E-state index contributed by atoms with van der Waals surface area (Å²) in [6.45, 7) is 5.70. The molecule has 0 saturated carbocycles. The first-order chi connectivity index (χ1) is 13.5. The molecule has 1 atom stereocenters. The van der Waals surface area contributed by atoms with Gasteiger partial charge in [-0.1, -0.05) is 41.7 Å². The van der Waals surface area contributed by atoms with E-state index < -0.39 is 0 Å². The minimum absolute atomic E-state index is 0.299. The van der Waals surface area contributed by atoms with Gasteiger partial charge in [0, 0.05) is 17.1 Å². The Morgan fingerprint density at radius 1 is 1.14 bits per heavy atom. The molecular weight excluding hydrogens is 394 g/mol. The molecule has 1 aromatic carbocycles. The molecule has 146 valence electrons. The van der Waals surface area contributed by atoms with Crippen LogP contribution in [0.2, 0.25) is 0 Å². The molecule has 7 nitrogen and oxygen atoms in total. The fraction of sp³-hybridized carbons (Fsp3) is 0.316. The first-order valence-electron chi connectivity index (χ1n) is 8.67. The fourth-order valence-corrected chi connectivity index (χ4v) is 4.34. The maximum atomic E-state index is 11.8. The quantitative estimate of drug-likeness (QED) is 0.329. The summed E-state index contributed by atoms with van der Waals surface area (Å²) < 4.78 is 6.78. The third-order valence-electron chi connectivity index (χ3n) is 3.82. The van der Waals surface area contributed by atoms with Crippen LogP contribution in [0.3, 0.4) is 0 Å². The lowest BCUT2D eigenvalue weighted by atomic mass is 10.3. The zero-order valence-corrected chi connectivity index (χ0v) is 17.8. The van der Waals surface area contributed by atoms with Crippen molar-refractivity contribution in [2.75, 3.05) is 7.11 Å². The Labute approximate surface area is 172 Å². The van der Waals surface area contributed by atoms with Crippen LogP contribution in [0.25, 0.3) is 5.69 Å². The zero-order valence-electron chi connectivity index (χ0n) is 16.1. The summed E-state index contributed by atoms with van der Waals surface area (Å²) in [5.74, 6) is 1.02. The number of carbonyl (C=O) groups is 1. The highest BCUT2D eigenvalue weighted by Crippen LogP contribution is 2.28. The van der Waals surface area contributed by atoms with E-state index in [1.807, 2.05) is 54.8 Å². The molecule has 0 aliphatic heterocycles. The molecule has 0 fully saturated rings. The second-order valence-electron chi connectivity index (χ2n) is 6.07. The van der Waals surface area contributed by atoms with Gasteiger partial charge in [0.1, 0.15) is 11.1 Å². The fourth-order valence-electron chi connectivity index (χ4n) is 2.57. The van der Waals surface area contributed by atoms with Gasteiger partial charge in [0.25, 0.3) is 0 Å². The van der Waals surface area contributed by atoms with Crippen LogP contribution in [0.5, 0.6) is 0 Å². The summed E-state index contributed by atoms with van der Waals surface area (Å²) in [6, 6.07) is 11.8. The Balaban J connectivity index is 1.89. The largest absolute Gasteiger partial charge is 0.468 e. The van der Waals surface area contributed by atoms with Crippen LogP contribution in [0.4, 0.5) is 0 Å². The highest BCUT2D eigenvalue weighted by atomic mass is 32.2. The molecule has 0 amide bonds. The van der Waals surface area contributed by atoms with Crippen LogP contribution < -0.4 is 0 Å². The average Bonchev–Trinajstić information content (AvgIpc) is 3.08. The van der Waals surface area contributed by atoms with Crippen molar-refractivity contribution in [1.29, 1.82) is 0 Å². The van der Waals surface area contributed by atoms with Crippen molar-refractivity contribution in [3.63, 3.8) is 0 Å². The predicted molar refractivity (Wildman–Crippen MR) is 110 cm³/mol. The molecule has 0 spiro atoms. The number of para-hydroxylation sites is 1. The number of ether oxygens (including phenoxy) is 1. The summed E-state index contributed by atoms with van der Waals surface area (Å²) in [6.07, 6.45) is 0. The lowest BCUT2D eigenvalue weighted by Gasteiger charge is -2.12. The van der Waals surface area contributed by atoms with Crippen molar-refractivity contribution >= 4 is 29.5 Å². The number of methoxy groups -OCH3 is 1. The molecule has 3 rings (SSSR count). The Bertz CT molecular complexity index is 942. The third kappa shape index (κ3) is 4.90. The number of thioether (sulfide) groups is 2. The number of benzene rings is 1. The molecular formula is C19H21N5O2S2. The maximum absolute atomic E-state index is 11.8. The summed E-state index contributed by atoms with van der Waals surface area (Å²) in [5, 5.41) is 9.62. The van der Waals surface area contributed by atoms with Gasteiger partial charge in [-0.15, -0.1) is 10.2 Å². The van der Waals surface area contributed by atoms with E-state index >= 15 is 0 Å². The van der Waals surface area contributed by atoms with Crippen molar-refractivity contribution in [3.05, 3.63) is 53.6 Å². The van der Waals surface area contributed by atoms with E-state index in [0.29, 0.717) is 16.1 Å². The highest BCUT2D eigenvalue weighted by Gasteiger charge is 2.21. The Morgan fingerprint density at radius 2 is 1.82 bits per heavy atom. The molecule has 0 N–H and O–H groups in total. The number of esters is 1. The molecule has 0 bridgehead atoms. The van der Waals surface area contributed by atoms with Crippen molar-refractivity contribution in [1.82, 2.24) is 24.7 Å². The lowest BCUT2D eigenvalue weighted by Crippen LogP contribution is -2.15. The van der Waals surface area contributed by atoms with E-state index in [4.69, 9.17) is 4.74 Å². The summed E-state index contributed by atoms with van der Waals surface area (Å²) in [4.78, 5) is 20.8. The Hall–Kier alpha value is -2.39. The van der Waals surface area contributed by atoms with Crippen molar-refractivity contribution in [2.45, 2.75) is 42.1 Å². The number of hydrogen-bond donors (Lipinski definition) is 0. The van der Waals surface area contributed by atoms with Gasteiger partial charge in [0.15, 0.2) is 10.3 Å². The van der Waals surface area contributed by atoms with Gasteiger partial charge in [0.2, 0.25) is 0 Å². The first-order valence-corrected chi connectivity index (χ1v) is 10.5. The Kier molecular flexibility index (Phi) is 6.69. The van der Waals surface area contributed by atoms with Crippen LogP contribution in [-0.2, 0) is 15.3 Å². The van der Waals surface area contributed by atoms with E-state index in [-0.39, 0.29) is 11.2 Å². The lowest BCUT2D eigenvalue weighted by molar-refractivity contribution is -0.139. The van der Waals surface area contributed by atoms with Gasteiger partial charge in [-0.05, 0) is 39.0 Å². The standard InChI is InChI=1S/C19H21N5O2S2/c1-12-10-13(2)21-18(20-12)27-11-16-22-23-19(28-14(3)17(25)26-4)24(16)15-8-6-5-7-9-15/h5-10,14H,11H2,1-4H3. The predicted octanol–water partition coefficient (Wildman–Crippen LogP) is 3.62. The molecule has 2 heterocycles. The summed E-state index contributed by atoms with van der Waals surface area (Å²) >= 11 is 2.83. The molecule has 0 aliphatic rings. The van der Waals surface area contributed by atoms with Gasteiger partial charge in [-0.2, -0.15) is 0 Å². The van der Waals surface area contributed by atoms with Crippen LogP contribution in [0, 0.1) is 13.8 Å². The van der Waals surface area contributed by atoms with Gasteiger partial charge < -0.3 is 4.74 Å². The van der Waals surface area contributed by atoms with Crippen LogP contribution >= 0.6 is 23.5 Å². The topological polar surface area (TPSA) is 82.8 Å². The number of nitrogens with zero attached hydrogens (tertiary/aromatic N) is 5. The van der Waals surface area contributed by atoms with Crippen LogP contribution in [0.15, 0.2) is 46.7 Å². The van der Waals surface area contributed by atoms with Crippen LogP contribution in [0.1, 0.15) is 24.1 Å². The number of hydrogen-bond acceptors (Lipinski definition) is 8. The minimum atomic E-state index is -0.389. The summed E-state index contributed by atoms with van der Waals surface area (Å²) in [5.41, 5.74) is 2.80. The normalized spacial score (nSPS) is 12.0. The third-order valence-corrected chi connectivity index (χ3v) is 5.69. The molecule has 3 aromatic rings. The van der Waals surface area contributed by atoms with E-state index in [1.165, 1.54) is 30.6 Å².